The van der Waals surface area contributed by atoms with Crippen molar-refractivity contribution in [1.29, 1.82) is 0 Å². The maximum Gasteiger partial charge on any atom is 0.187 e. The van der Waals surface area contributed by atoms with E-state index in [1.807, 2.05) is 0 Å². The molecule has 3 atom stereocenters. The number of ether oxygens (including phenoxy) is 2. The highest BCUT2D eigenvalue weighted by Crippen LogP contribution is 2.37. The van der Waals surface area contributed by atoms with Gasteiger partial charge in [-0.05, 0) is 26.0 Å². The monoisotopic (exact) mass is 214 g/mol. The zero-order valence-electron chi connectivity index (χ0n) is 8.64. The largest absolute Gasteiger partial charge is 0.393 e. The van der Waals surface area contributed by atoms with Gasteiger partial charge in [0, 0.05) is 0 Å². The number of ketones is 1. The van der Waals surface area contributed by atoms with E-state index in [-0.39, 0.29) is 5.78 Å². The molecule has 0 radical (unpaired) electrons. The summed E-state index contributed by atoms with van der Waals surface area (Å²) >= 11 is 0. The first-order valence-electron chi connectivity index (χ1n) is 4.80. The van der Waals surface area contributed by atoms with E-state index < -0.39 is 30.2 Å². The van der Waals surface area contributed by atoms with Crippen molar-refractivity contribution < 1.29 is 24.5 Å². The molecule has 2 rings (SSSR count). The molecule has 1 heterocycles. The molecule has 0 spiro atoms. The highest BCUT2D eigenvalue weighted by Gasteiger charge is 2.55. The number of aliphatic hydroxyl groups excluding tert-OH is 1. The average Bonchev–Trinajstić information content (AvgIpc) is 2.50. The molecule has 0 unspecified atom stereocenters. The molecule has 2 aliphatic rings. The molecule has 0 aromatic carbocycles. The molecule has 15 heavy (non-hydrogen) atoms. The summed E-state index contributed by atoms with van der Waals surface area (Å²) in [5.41, 5.74) is -1.54. The Kier molecular flexibility index (Phi) is 2.24. The van der Waals surface area contributed by atoms with Gasteiger partial charge in [0.2, 0.25) is 0 Å². The predicted octanol–water partition coefficient (Wildman–Crippen LogP) is -0.631. The third kappa shape index (κ3) is 1.61. The first kappa shape index (κ1) is 10.8. The topological polar surface area (TPSA) is 76.0 Å². The lowest BCUT2D eigenvalue weighted by Crippen LogP contribution is -2.53. The molecule has 0 bridgehead atoms. The zero-order valence-corrected chi connectivity index (χ0v) is 8.64. The van der Waals surface area contributed by atoms with Gasteiger partial charge in [-0.2, -0.15) is 0 Å². The Morgan fingerprint density at radius 1 is 1.47 bits per heavy atom. The Labute approximate surface area is 87.3 Å². The fourth-order valence-corrected chi connectivity index (χ4v) is 1.89. The van der Waals surface area contributed by atoms with Gasteiger partial charge in [-0.1, -0.05) is 0 Å². The third-order valence-corrected chi connectivity index (χ3v) is 2.66. The van der Waals surface area contributed by atoms with Gasteiger partial charge in [0.1, 0.15) is 11.7 Å². The van der Waals surface area contributed by atoms with Crippen molar-refractivity contribution in [3.05, 3.63) is 12.2 Å². The van der Waals surface area contributed by atoms with E-state index >= 15 is 0 Å². The molecule has 1 fully saturated rings. The van der Waals surface area contributed by atoms with E-state index in [0.29, 0.717) is 0 Å². The second kappa shape index (κ2) is 3.12. The average molecular weight is 214 g/mol. The summed E-state index contributed by atoms with van der Waals surface area (Å²) < 4.78 is 10.8. The Morgan fingerprint density at radius 2 is 2.13 bits per heavy atom. The second-order valence-electron chi connectivity index (χ2n) is 4.36. The summed E-state index contributed by atoms with van der Waals surface area (Å²) in [4.78, 5) is 11.5. The van der Waals surface area contributed by atoms with Gasteiger partial charge >= 0.3 is 0 Å². The molecule has 1 aliphatic carbocycles. The van der Waals surface area contributed by atoms with Crippen LogP contribution in [-0.4, -0.2) is 46.2 Å². The number of rotatable bonds is 1. The lowest BCUT2D eigenvalue weighted by molar-refractivity contribution is -0.167. The number of carbonyl (C=O) groups excluding carboxylic acids is 1. The van der Waals surface area contributed by atoms with Gasteiger partial charge in [-0.15, -0.1) is 0 Å². The van der Waals surface area contributed by atoms with Gasteiger partial charge in [-0.25, -0.2) is 0 Å². The molecule has 2 N–H and O–H groups in total. The molecule has 5 nitrogen and oxygen atoms in total. The molecule has 0 aromatic rings. The number of carbonyl (C=O) groups is 1. The lowest BCUT2D eigenvalue weighted by atomic mass is 9.86. The fourth-order valence-electron chi connectivity index (χ4n) is 1.89. The zero-order chi connectivity index (χ0) is 11.3. The molecular formula is C10H14O5. The van der Waals surface area contributed by atoms with Crippen molar-refractivity contribution in [3.63, 3.8) is 0 Å². The van der Waals surface area contributed by atoms with Crippen LogP contribution in [0.25, 0.3) is 0 Å². The van der Waals surface area contributed by atoms with Crippen molar-refractivity contribution in [3.8, 4) is 0 Å². The van der Waals surface area contributed by atoms with E-state index in [2.05, 4.69) is 0 Å². The van der Waals surface area contributed by atoms with Gasteiger partial charge < -0.3 is 19.7 Å². The van der Waals surface area contributed by atoms with Crippen LogP contribution in [0.5, 0.6) is 0 Å². The summed E-state index contributed by atoms with van der Waals surface area (Å²) in [5.74, 6) is -1.16. The second-order valence-corrected chi connectivity index (χ2v) is 4.36. The summed E-state index contributed by atoms with van der Waals surface area (Å²) in [6, 6.07) is 0. The van der Waals surface area contributed by atoms with Crippen LogP contribution in [0, 0.1) is 0 Å². The van der Waals surface area contributed by atoms with Gasteiger partial charge in [0.15, 0.2) is 17.7 Å². The number of fused-ring (bicyclic) bond motifs is 1. The van der Waals surface area contributed by atoms with Crippen LogP contribution in [0.3, 0.4) is 0 Å². The Hall–Kier alpha value is -0.750. The number of aliphatic hydroxyl groups is 2. The quantitative estimate of drug-likeness (QED) is 0.607. The van der Waals surface area contributed by atoms with Crippen LogP contribution in [0.4, 0.5) is 0 Å². The smallest absolute Gasteiger partial charge is 0.187 e. The summed E-state index contributed by atoms with van der Waals surface area (Å²) in [5, 5.41) is 19.1. The van der Waals surface area contributed by atoms with Crippen molar-refractivity contribution in [2.75, 3.05) is 6.61 Å². The van der Waals surface area contributed by atoms with Gasteiger partial charge in [0.05, 0.1) is 6.61 Å². The maximum absolute atomic E-state index is 11.5. The van der Waals surface area contributed by atoms with E-state index in [1.165, 1.54) is 12.2 Å². The molecule has 1 saturated heterocycles. The number of hydrogen-bond donors (Lipinski definition) is 2. The van der Waals surface area contributed by atoms with Crippen LogP contribution >= 0.6 is 0 Å². The first-order chi connectivity index (χ1) is 6.88. The van der Waals surface area contributed by atoms with E-state index in [1.54, 1.807) is 13.8 Å². The molecule has 5 heteroatoms. The van der Waals surface area contributed by atoms with E-state index in [4.69, 9.17) is 14.6 Å². The van der Waals surface area contributed by atoms with Crippen LogP contribution in [-0.2, 0) is 14.3 Å². The summed E-state index contributed by atoms with van der Waals surface area (Å²) in [6.07, 6.45) is 0.820. The Morgan fingerprint density at radius 3 is 2.73 bits per heavy atom. The number of hydrogen-bond acceptors (Lipinski definition) is 5. The van der Waals surface area contributed by atoms with Crippen molar-refractivity contribution in [2.24, 2.45) is 0 Å². The molecule has 0 amide bonds. The normalized spacial score (nSPS) is 43.1. The van der Waals surface area contributed by atoms with E-state index in [0.717, 1.165) is 0 Å². The van der Waals surface area contributed by atoms with Gasteiger partial charge in [0.25, 0.3) is 0 Å². The SMILES string of the molecule is CC1(C)O[C@H]2C(=O)C=C[C@@](O)(CO)[C@H]2O1. The highest BCUT2D eigenvalue weighted by atomic mass is 16.8. The maximum atomic E-state index is 11.5. The van der Waals surface area contributed by atoms with Crippen LogP contribution in [0.1, 0.15) is 13.8 Å². The van der Waals surface area contributed by atoms with Crippen LogP contribution in [0.2, 0.25) is 0 Å². The standard InChI is InChI=1S/C10H14O5/c1-9(2)14-7-6(12)3-4-10(13,5-11)8(7)15-9/h3-4,7-8,11,13H,5H2,1-2H3/t7-,8-,10+/m0/s1. The van der Waals surface area contributed by atoms with Crippen molar-refractivity contribution >= 4 is 5.78 Å². The van der Waals surface area contributed by atoms with E-state index in [9.17, 15) is 9.90 Å². The van der Waals surface area contributed by atoms with Crippen LogP contribution in [0.15, 0.2) is 12.2 Å². The summed E-state index contributed by atoms with van der Waals surface area (Å²) in [6.45, 7) is 2.82. The third-order valence-electron chi connectivity index (χ3n) is 2.66. The minimum atomic E-state index is -1.54. The minimum Gasteiger partial charge on any atom is -0.393 e. The molecular weight excluding hydrogens is 200 g/mol. The fraction of sp³-hybridized carbons (Fsp3) is 0.700. The minimum absolute atomic E-state index is 0.247. The Bertz CT molecular complexity index is 322. The molecule has 84 valence electrons. The molecule has 1 aliphatic heterocycles. The van der Waals surface area contributed by atoms with Crippen LogP contribution < -0.4 is 0 Å². The first-order valence-corrected chi connectivity index (χ1v) is 4.80. The Balaban J connectivity index is 2.35. The molecule has 0 saturated carbocycles. The van der Waals surface area contributed by atoms with Crippen molar-refractivity contribution in [1.82, 2.24) is 0 Å². The van der Waals surface area contributed by atoms with Gasteiger partial charge in [-0.3, -0.25) is 4.79 Å². The molecule has 0 aromatic heterocycles. The lowest BCUT2D eigenvalue weighted by Gasteiger charge is -2.33. The highest BCUT2D eigenvalue weighted by molar-refractivity contribution is 5.95. The predicted molar refractivity (Wildman–Crippen MR) is 50.0 cm³/mol. The van der Waals surface area contributed by atoms with Crippen molar-refractivity contribution in [2.45, 2.75) is 37.4 Å². The summed E-state index contributed by atoms with van der Waals surface area (Å²) in [7, 11) is 0.